The molecule has 5 heteroatoms. The van der Waals surface area contributed by atoms with Crippen LogP contribution in [0.2, 0.25) is 0 Å². The number of hydrogen-bond donors (Lipinski definition) is 1. The molecule has 0 saturated carbocycles. The highest BCUT2D eigenvalue weighted by Gasteiger charge is 2.27. The van der Waals surface area contributed by atoms with Crippen molar-refractivity contribution in [2.75, 3.05) is 19.6 Å². The minimum Gasteiger partial charge on any atom is -0.337 e. The molecule has 0 bridgehead atoms. The molecule has 3 heterocycles. The molecule has 0 radical (unpaired) electrons. The van der Waals surface area contributed by atoms with E-state index in [0.717, 1.165) is 55.1 Å². The van der Waals surface area contributed by atoms with Crippen LogP contribution in [0.4, 0.5) is 0 Å². The number of hydrogen-bond acceptors (Lipinski definition) is 4. The number of aromatic nitrogens is 2. The zero-order valence-electron chi connectivity index (χ0n) is 16.2. The lowest BCUT2D eigenvalue weighted by molar-refractivity contribution is -0.133. The first-order chi connectivity index (χ1) is 13.1. The van der Waals surface area contributed by atoms with Crippen LogP contribution in [0.1, 0.15) is 59.8 Å². The number of nitrogens with zero attached hydrogens (tertiary/aromatic N) is 3. The maximum absolute atomic E-state index is 13.0. The van der Waals surface area contributed by atoms with E-state index in [1.165, 1.54) is 12.0 Å². The van der Waals surface area contributed by atoms with Gasteiger partial charge in [-0.15, -0.1) is 0 Å². The second-order valence-corrected chi connectivity index (χ2v) is 7.89. The van der Waals surface area contributed by atoms with Gasteiger partial charge >= 0.3 is 0 Å². The molecular weight excluding hydrogens is 336 g/mol. The molecule has 27 heavy (non-hydrogen) atoms. The van der Waals surface area contributed by atoms with Crippen molar-refractivity contribution in [3.8, 4) is 0 Å². The SMILES string of the molecule is Cc1ccc([C@@H](C)C(=O)N2CCc3nc([C@@H]4CCCNC4)ncc3C2)cc1. The summed E-state index contributed by atoms with van der Waals surface area (Å²) in [6, 6.07) is 8.26. The topological polar surface area (TPSA) is 58.1 Å². The van der Waals surface area contributed by atoms with Crippen LogP contribution in [0.5, 0.6) is 0 Å². The highest BCUT2D eigenvalue weighted by atomic mass is 16.2. The van der Waals surface area contributed by atoms with Crippen LogP contribution in [0.3, 0.4) is 0 Å². The van der Waals surface area contributed by atoms with Crippen LogP contribution in [-0.2, 0) is 17.8 Å². The van der Waals surface area contributed by atoms with Crippen LogP contribution in [0.25, 0.3) is 0 Å². The van der Waals surface area contributed by atoms with Crippen LogP contribution < -0.4 is 5.32 Å². The molecule has 2 aromatic rings. The number of carbonyl (C=O) groups is 1. The van der Waals surface area contributed by atoms with E-state index in [2.05, 4.69) is 41.5 Å². The van der Waals surface area contributed by atoms with Gasteiger partial charge in [0.25, 0.3) is 0 Å². The average Bonchev–Trinajstić information content (AvgIpc) is 2.73. The lowest BCUT2D eigenvalue weighted by Gasteiger charge is -2.31. The fraction of sp³-hybridized carbons (Fsp3) is 0.500. The Bertz CT molecular complexity index is 812. The molecule has 0 unspecified atom stereocenters. The average molecular weight is 364 g/mol. The third-order valence-electron chi connectivity index (χ3n) is 5.87. The number of piperidine rings is 1. The monoisotopic (exact) mass is 364 g/mol. The van der Waals surface area contributed by atoms with Gasteiger partial charge in [0.2, 0.25) is 5.91 Å². The van der Waals surface area contributed by atoms with E-state index in [4.69, 9.17) is 4.98 Å². The van der Waals surface area contributed by atoms with E-state index in [-0.39, 0.29) is 11.8 Å². The summed E-state index contributed by atoms with van der Waals surface area (Å²) in [7, 11) is 0. The fourth-order valence-electron chi connectivity index (χ4n) is 4.06. The molecule has 1 fully saturated rings. The lowest BCUT2D eigenvalue weighted by atomic mass is 9.96. The van der Waals surface area contributed by atoms with E-state index in [1.807, 2.05) is 18.0 Å². The molecule has 2 atom stereocenters. The van der Waals surface area contributed by atoms with Crippen LogP contribution in [-0.4, -0.2) is 40.4 Å². The Balaban J connectivity index is 1.46. The molecule has 142 valence electrons. The second kappa shape index (κ2) is 7.77. The Hall–Kier alpha value is -2.27. The third-order valence-corrected chi connectivity index (χ3v) is 5.87. The van der Waals surface area contributed by atoms with Gasteiger partial charge in [-0.25, -0.2) is 9.97 Å². The Morgan fingerprint density at radius 3 is 2.85 bits per heavy atom. The summed E-state index contributed by atoms with van der Waals surface area (Å²) < 4.78 is 0. The number of nitrogens with one attached hydrogen (secondary N) is 1. The number of aryl methyl sites for hydroxylation is 1. The minimum atomic E-state index is -0.124. The number of amides is 1. The molecule has 2 aliphatic rings. The van der Waals surface area contributed by atoms with Crippen molar-refractivity contribution in [2.24, 2.45) is 0 Å². The van der Waals surface area contributed by atoms with Crippen molar-refractivity contribution in [1.82, 2.24) is 20.2 Å². The first-order valence-corrected chi connectivity index (χ1v) is 10.0. The molecule has 0 spiro atoms. The molecule has 0 aliphatic carbocycles. The van der Waals surface area contributed by atoms with Gasteiger partial charge in [0, 0.05) is 43.7 Å². The number of fused-ring (bicyclic) bond motifs is 1. The predicted molar refractivity (Wildman–Crippen MR) is 106 cm³/mol. The summed E-state index contributed by atoms with van der Waals surface area (Å²) in [6.45, 7) is 7.48. The first-order valence-electron chi connectivity index (χ1n) is 10.0. The van der Waals surface area contributed by atoms with Crippen LogP contribution in [0, 0.1) is 6.92 Å². The summed E-state index contributed by atoms with van der Waals surface area (Å²) in [6.07, 6.45) is 5.11. The number of carbonyl (C=O) groups excluding carboxylic acids is 1. The van der Waals surface area contributed by atoms with Crippen molar-refractivity contribution >= 4 is 5.91 Å². The quantitative estimate of drug-likeness (QED) is 0.910. The maximum Gasteiger partial charge on any atom is 0.230 e. The summed E-state index contributed by atoms with van der Waals surface area (Å²) in [5.74, 6) is 1.45. The minimum absolute atomic E-state index is 0.124. The fourth-order valence-corrected chi connectivity index (χ4v) is 4.06. The first kappa shape index (κ1) is 18.1. The van der Waals surface area contributed by atoms with Gasteiger partial charge in [0.15, 0.2) is 0 Å². The maximum atomic E-state index is 13.0. The van der Waals surface area contributed by atoms with Gasteiger partial charge in [-0.2, -0.15) is 0 Å². The second-order valence-electron chi connectivity index (χ2n) is 7.89. The highest BCUT2D eigenvalue weighted by Crippen LogP contribution is 2.25. The molecule has 2 aliphatic heterocycles. The van der Waals surface area contributed by atoms with Crippen LogP contribution in [0.15, 0.2) is 30.5 Å². The van der Waals surface area contributed by atoms with Crippen molar-refractivity contribution < 1.29 is 4.79 Å². The van der Waals surface area contributed by atoms with Gasteiger partial charge in [0.1, 0.15) is 5.82 Å². The van der Waals surface area contributed by atoms with Gasteiger partial charge in [-0.05, 0) is 38.8 Å². The Morgan fingerprint density at radius 2 is 2.11 bits per heavy atom. The van der Waals surface area contributed by atoms with Crippen molar-refractivity contribution in [2.45, 2.75) is 51.5 Å². The number of benzene rings is 1. The van der Waals surface area contributed by atoms with Crippen molar-refractivity contribution in [3.63, 3.8) is 0 Å². The van der Waals surface area contributed by atoms with Gasteiger partial charge in [-0.3, -0.25) is 4.79 Å². The Morgan fingerprint density at radius 1 is 1.30 bits per heavy atom. The van der Waals surface area contributed by atoms with E-state index in [0.29, 0.717) is 12.5 Å². The molecular formula is C22H28N4O. The van der Waals surface area contributed by atoms with E-state index in [1.54, 1.807) is 0 Å². The lowest BCUT2D eigenvalue weighted by Crippen LogP contribution is -2.39. The summed E-state index contributed by atoms with van der Waals surface area (Å²) in [4.78, 5) is 24.4. The molecule has 5 nitrogen and oxygen atoms in total. The van der Waals surface area contributed by atoms with Crippen molar-refractivity contribution in [3.05, 3.63) is 58.7 Å². The smallest absolute Gasteiger partial charge is 0.230 e. The molecule has 1 saturated heterocycles. The zero-order chi connectivity index (χ0) is 18.8. The van der Waals surface area contributed by atoms with Gasteiger partial charge < -0.3 is 10.2 Å². The van der Waals surface area contributed by atoms with E-state index < -0.39 is 0 Å². The standard InChI is InChI=1S/C22H28N4O/c1-15-5-7-17(8-6-15)16(2)22(27)26-11-9-20-19(14-26)13-24-21(25-20)18-4-3-10-23-12-18/h5-8,13,16,18,23H,3-4,9-12,14H2,1-2H3/t16-,18-/m1/s1. The zero-order valence-corrected chi connectivity index (χ0v) is 16.2. The van der Waals surface area contributed by atoms with Gasteiger partial charge in [0.05, 0.1) is 11.6 Å². The number of rotatable bonds is 3. The third kappa shape index (κ3) is 3.88. The summed E-state index contributed by atoms with van der Waals surface area (Å²) in [5.41, 5.74) is 4.51. The molecule has 1 aromatic heterocycles. The van der Waals surface area contributed by atoms with Crippen LogP contribution >= 0.6 is 0 Å². The molecule has 1 aromatic carbocycles. The van der Waals surface area contributed by atoms with Crippen molar-refractivity contribution in [1.29, 1.82) is 0 Å². The molecule has 4 rings (SSSR count). The van der Waals surface area contributed by atoms with Gasteiger partial charge in [-0.1, -0.05) is 29.8 Å². The van der Waals surface area contributed by atoms with E-state index in [9.17, 15) is 4.79 Å². The Labute approximate surface area is 161 Å². The Kier molecular flexibility index (Phi) is 5.21. The predicted octanol–water partition coefficient (Wildman–Crippen LogP) is 2.94. The molecule has 1 N–H and O–H groups in total. The van der Waals surface area contributed by atoms with E-state index >= 15 is 0 Å². The highest BCUT2D eigenvalue weighted by molar-refractivity contribution is 5.83. The normalized spacial score (nSPS) is 20.8. The molecule has 1 amide bonds. The largest absolute Gasteiger partial charge is 0.337 e. The summed E-state index contributed by atoms with van der Waals surface area (Å²) in [5, 5.41) is 3.43. The summed E-state index contributed by atoms with van der Waals surface area (Å²) >= 11 is 0.